The monoisotopic (exact) mass is 275 g/mol. The Balaban J connectivity index is 1.86. The normalized spacial score (nSPS) is 11.7. The van der Waals surface area contributed by atoms with Crippen molar-refractivity contribution in [2.24, 2.45) is 0 Å². The summed E-state index contributed by atoms with van der Waals surface area (Å²) in [6.07, 6.45) is 0.967. The number of rotatable bonds is 6. The molecule has 0 unspecified atom stereocenters. The maximum absolute atomic E-state index is 11.9. The molecule has 0 aliphatic carbocycles. The molecular formula is C15H17NO4. The van der Waals surface area contributed by atoms with E-state index in [4.69, 9.17) is 13.9 Å². The summed E-state index contributed by atoms with van der Waals surface area (Å²) < 4.78 is 15.8. The summed E-state index contributed by atoms with van der Waals surface area (Å²) in [5, 5.41) is 2.74. The Hall–Kier alpha value is -2.43. The Kier molecular flexibility index (Phi) is 4.65. The second-order valence-corrected chi connectivity index (χ2v) is 4.24. The molecule has 0 aliphatic rings. The van der Waals surface area contributed by atoms with Crippen LogP contribution in [0.4, 0.5) is 0 Å². The van der Waals surface area contributed by atoms with E-state index in [9.17, 15) is 4.79 Å². The average molecular weight is 275 g/mol. The molecule has 5 heteroatoms. The van der Waals surface area contributed by atoms with Crippen molar-refractivity contribution in [3.63, 3.8) is 0 Å². The molecule has 2 aromatic rings. The van der Waals surface area contributed by atoms with Gasteiger partial charge in [-0.1, -0.05) is 6.07 Å². The van der Waals surface area contributed by atoms with Crippen molar-refractivity contribution in [1.82, 2.24) is 5.32 Å². The first-order valence-corrected chi connectivity index (χ1v) is 6.30. The number of nitrogens with one attached hydrogen (secondary N) is 1. The lowest BCUT2D eigenvalue weighted by Gasteiger charge is -2.14. The van der Waals surface area contributed by atoms with E-state index in [-0.39, 0.29) is 5.91 Å². The number of amides is 1. The average Bonchev–Trinajstić information content (AvgIpc) is 2.98. The first kappa shape index (κ1) is 14.0. The first-order chi connectivity index (χ1) is 9.69. The number of hydrogen-bond acceptors (Lipinski definition) is 4. The maximum Gasteiger partial charge on any atom is 0.261 e. The molecule has 0 bridgehead atoms. The molecule has 0 saturated heterocycles. The van der Waals surface area contributed by atoms with E-state index in [1.54, 1.807) is 44.6 Å². The highest BCUT2D eigenvalue weighted by atomic mass is 16.5. The molecule has 1 aromatic heterocycles. The SMILES string of the molecule is COc1cccc(O[C@H](C)C(=O)NCc2ccco2)c1. The number of furan rings is 1. The molecule has 0 fully saturated rings. The first-order valence-electron chi connectivity index (χ1n) is 6.30. The maximum atomic E-state index is 11.9. The fraction of sp³-hybridized carbons (Fsp3) is 0.267. The summed E-state index contributed by atoms with van der Waals surface area (Å²) in [4.78, 5) is 11.9. The van der Waals surface area contributed by atoms with E-state index in [2.05, 4.69) is 5.32 Å². The molecule has 0 spiro atoms. The fourth-order valence-corrected chi connectivity index (χ4v) is 1.66. The van der Waals surface area contributed by atoms with E-state index in [1.165, 1.54) is 0 Å². The van der Waals surface area contributed by atoms with Crippen LogP contribution in [-0.2, 0) is 11.3 Å². The molecule has 1 atom stereocenters. The number of carbonyl (C=O) groups excluding carboxylic acids is 1. The van der Waals surface area contributed by atoms with Crippen molar-refractivity contribution < 1.29 is 18.7 Å². The van der Waals surface area contributed by atoms with Crippen molar-refractivity contribution in [2.75, 3.05) is 7.11 Å². The minimum atomic E-state index is -0.600. The van der Waals surface area contributed by atoms with Gasteiger partial charge in [0.15, 0.2) is 6.10 Å². The van der Waals surface area contributed by atoms with Crippen LogP contribution in [-0.4, -0.2) is 19.1 Å². The van der Waals surface area contributed by atoms with Crippen molar-refractivity contribution in [3.8, 4) is 11.5 Å². The topological polar surface area (TPSA) is 60.7 Å². The predicted octanol–water partition coefficient (Wildman–Crippen LogP) is 2.37. The van der Waals surface area contributed by atoms with Crippen LogP contribution in [0.1, 0.15) is 12.7 Å². The zero-order chi connectivity index (χ0) is 14.4. The fourth-order valence-electron chi connectivity index (χ4n) is 1.66. The summed E-state index contributed by atoms with van der Waals surface area (Å²) in [5.74, 6) is 1.77. The zero-order valence-corrected chi connectivity index (χ0v) is 11.5. The molecule has 0 saturated carbocycles. The lowest BCUT2D eigenvalue weighted by molar-refractivity contribution is -0.127. The van der Waals surface area contributed by atoms with E-state index < -0.39 is 6.10 Å². The molecular weight excluding hydrogens is 258 g/mol. The molecule has 2 rings (SSSR count). The van der Waals surface area contributed by atoms with Gasteiger partial charge in [0.2, 0.25) is 0 Å². The minimum absolute atomic E-state index is 0.204. The molecule has 106 valence electrons. The van der Waals surface area contributed by atoms with E-state index in [1.807, 2.05) is 12.1 Å². The number of hydrogen-bond donors (Lipinski definition) is 1. The van der Waals surface area contributed by atoms with Crippen molar-refractivity contribution in [1.29, 1.82) is 0 Å². The van der Waals surface area contributed by atoms with Gasteiger partial charge >= 0.3 is 0 Å². The predicted molar refractivity (Wildman–Crippen MR) is 73.6 cm³/mol. The lowest BCUT2D eigenvalue weighted by Crippen LogP contribution is -2.35. The number of benzene rings is 1. The molecule has 1 amide bonds. The van der Waals surface area contributed by atoms with Crippen LogP contribution >= 0.6 is 0 Å². The van der Waals surface area contributed by atoms with Gasteiger partial charge in [0.05, 0.1) is 19.9 Å². The van der Waals surface area contributed by atoms with Crippen LogP contribution in [0.25, 0.3) is 0 Å². The van der Waals surface area contributed by atoms with Gasteiger partial charge in [-0.3, -0.25) is 4.79 Å². The molecule has 1 aromatic carbocycles. The van der Waals surface area contributed by atoms with Gasteiger partial charge in [-0.15, -0.1) is 0 Å². The molecule has 1 N–H and O–H groups in total. The smallest absolute Gasteiger partial charge is 0.261 e. The van der Waals surface area contributed by atoms with Crippen molar-refractivity contribution in [2.45, 2.75) is 19.6 Å². The molecule has 1 heterocycles. The summed E-state index contributed by atoms with van der Waals surface area (Å²) in [6.45, 7) is 2.04. The highest BCUT2D eigenvalue weighted by molar-refractivity contribution is 5.80. The highest BCUT2D eigenvalue weighted by Gasteiger charge is 2.14. The minimum Gasteiger partial charge on any atom is -0.497 e. The van der Waals surface area contributed by atoms with E-state index >= 15 is 0 Å². The third kappa shape index (κ3) is 3.78. The Morgan fingerprint density at radius 1 is 1.30 bits per heavy atom. The standard InChI is InChI=1S/C15H17NO4/c1-11(15(17)16-10-14-7-4-8-19-14)20-13-6-3-5-12(9-13)18-2/h3-9,11H,10H2,1-2H3,(H,16,17)/t11-/m1/s1. The lowest BCUT2D eigenvalue weighted by atomic mass is 10.3. The number of carbonyl (C=O) groups is 1. The molecule has 0 aliphatic heterocycles. The van der Waals surface area contributed by atoms with E-state index in [0.29, 0.717) is 23.8 Å². The Bertz CT molecular complexity index is 551. The second-order valence-electron chi connectivity index (χ2n) is 4.24. The molecule has 0 radical (unpaired) electrons. The van der Waals surface area contributed by atoms with Gasteiger partial charge in [0, 0.05) is 6.07 Å². The summed E-state index contributed by atoms with van der Waals surface area (Å²) in [6, 6.07) is 10.7. The second kappa shape index (κ2) is 6.65. The Morgan fingerprint density at radius 3 is 2.80 bits per heavy atom. The molecule has 20 heavy (non-hydrogen) atoms. The quantitative estimate of drug-likeness (QED) is 0.879. The zero-order valence-electron chi connectivity index (χ0n) is 11.5. The number of methoxy groups -OCH3 is 1. The largest absolute Gasteiger partial charge is 0.497 e. The number of ether oxygens (including phenoxy) is 2. The van der Waals surface area contributed by atoms with Crippen molar-refractivity contribution >= 4 is 5.91 Å². The van der Waals surface area contributed by atoms with Crippen LogP contribution < -0.4 is 14.8 Å². The van der Waals surface area contributed by atoms with Crippen LogP contribution in [0, 0.1) is 0 Å². The molecule has 5 nitrogen and oxygen atoms in total. The van der Waals surface area contributed by atoms with Crippen LogP contribution in [0.2, 0.25) is 0 Å². The van der Waals surface area contributed by atoms with E-state index in [0.717, 1.165) is 0 Å². The van der Waals surface area contributed by atoms with Crippen LogP contribution in [0.5, 0.6) is 11.5 Å². The summed E-state index contributed by atoms with van der Waals surface area (Å²) in [5.41, 5.74) is 0. The van der Waals surface area contributed by atoms with Crippen molar-refractivity contribution in [3.05, 3.63) is 48.4 Å². The van der Waals surface area contributed by atoms with Gasteiger partial charge in [-0.2, -0.15) is 0 Å². The van der Waals surface area contributed by atoms with Gasteiger partial charge in [-0.25, -0.2) is 0 Å². The third-order valence-electron chi connectivity index (χ3n) is 2.74. The summed E-state index contributed by atoms with van der Waals surface area (Å²) in [7, 11) is 1.58. The van der Waals surface area contributed by atoms with Crippen LogP contribution in [0.3, 0.4) is 0 Å². The Morgan fingerprint density at radius 2 is 2.10 bits per heavy atom. The third-order valence-corrected chi connectivity index (χ3v) is 2.74. The van der Waals surface area contributed by atoms with Crippen LogP contribution in [0.15, 0.2) is 47.1 Å². The van der Waals surface area contributed by atoms with Gasteiger partial charge in [0.25, 0.3) is 5.91 Å². The van der Waals surface area contributed by atoms with Gasteiger partial charge in [-0.05, 0) is 31.2 Å². The van der Waals surface area contributed by atoms with Gasteiger partial charge in [0.1, 0.15) is 17.3 Å². The summed E-state index contributed by atoms with van der Waals surface area (Å²) >= 11 is 0. The highest BCUT2D eigenvalue weighted by Crippen LogP contribution is 2.19. The van der Waals surface area contributed by atoms with Gasteiger partial charge < -0.3 is 19.2 Å². The Labute approximate surface area is 117 Å².